The topological polar surface area (TPSA) is 107 Å². The molecule has 3 aromatic carbocycles. The van der Waals surface area contributed by atoms with Crippen LogP contribution in [-0.4, -0.2) is 108 Å². The number of aryl methyl sites for hydroxylation is 1. The quantitative estimate of drug-likeness (QED) is 0.175. The summed E-state index contributed by atoms with van der Waals surface area (Å²) in [7, 11) is -2.15. The maximum atomic E-state index is 14.1. The molecule has 2 aliphatic rings. The van der Waals surface area contributed by atoms with Gasteiger partial charge in [0.05, 0.1) is 61.9 Å². The molecule has 0 spiro atoms. The number of hydrogen-bond acceptors (Lipinski definition) is 10. The van der Waals surface area contributed by atoms with Gasteiger partial charge in [0, 0.05) is 45.0 Å². The summed E-state index contributed by atoms with van der Waals surface area (Å²) in [6, 6.07) is 21.2. The zero-order valence-electron chi connectivity index (χ0n) is 29.7. The number of nitrogens with zero attached hydrogens (tertiary/aromatic N) is 2. The van der Waals surface area contributed by atoms with Crippen molar-refractivity contribution < 1.29 is 37.2 Å². The monoisotopic (exact) mass is 728 g/mol. The number of piperidine rings is 1. The molecule has 1 fully saturated rings. The Kier molecular flexibility index (Phi) is 14.4. The SMILES string of the molecule is COCCCN1CCOc2ccc(CO[C@H]3CN(S(=O)(=O)c4ccc(C)cc4)C[C@@H](OC[C@@H](C)O)[C@@H]3c3ccc(COCCSC)cc3)cc21. The number of sulfonamides is 1. The summed E-state index contributed by atoms with van der Waals surface area (Å²) >= 11 is 1.75. The van der Waals surface area contributed by atoms with Crippen LogP contribution in [0, 0.1) is 6.92 Å². The maximum absolute atomic E-state index is 14.1. The van der Waals surface area contributed by atoms with Gasteiger partial charge in [-0.3, -0.25) is 0 Å². The number of benzene rings is 3. The van der Waals surface area contributed by atoms with Gasteiger partial charge in [-0.05, 0) is 67.5 Å². The van der Waals surface area contributed by atoms with E-state index in [1.54, 1.807) is 50.1 Å². The first-order valence-corrected chi connectivity index (χ1v) is 20.2. The minimum absolute atomic E-state index is 0.0669. The zero-order valence-corrected chi connectivity index (χ0v) is 31.3. The fraction of sp³-hybridized carbons (Fsp3) is 0.526. The molecule has 0 radical (unpaired) electrons. The molecular weight excluding hydrogens is 677 g/mol. The van der Waals surface area contributed by atoms with Gasteiger partial charge in [-0.15, -0.1) is 0 Å². The van der Waals surface area contributed by atoms with Crippen LogP contribution in [0.25, 0.3) is 0 Å². The van der Waals surface area contributed by atoms with E-state index >= 15 is 0 Å². The third-order valence-corrected chi connectivity index (χ3v) is 11.5. The van der Waals surface area contributed by atoms with E-state index in [4.69, 9.17) is 23.7 Å². The van der Waals surface area contributed by atoms with E-state index in [1.165, 1.54) is 4.31 Å². The number of hydrogen-bond donors (Lipinski definition) is 1. The van der Waals surface area contributed by atoms with E-state index in [0.717, 1.165) is 59.0 Å². The van der Waals surface area contributed by atoms with Gasteiger partial charge < -0.3 is 33.7 Å². The Morgan fingerprint density at radius 3 is 2.38 bits per heavy atom. The van der Waals surface area contributed by atoms with Gasteiger partial charge in [0.2, 0.25) is 10.0 Å². The van der Waals surface area contributed by atoms with Crippen LogP contribution >= 0.6 is 11.8 Å². The minimum atomic E-state index is -3.86. The maximum Gasteiger partial charge on any atom is 0.243 e. The molecule has 4 atom stereocenters. The Morgan fingerprint density at radius 2 is 1.68 bits per heavy atom. The van der Waals surface area contributed by atoms with Crippen molar-refractivity contribution in [3.63, 3.8) is 0 Å². The fourth-order valence-electron chi connectivity index (χ4n) is 6.41. The van der Waals surface area contributed by atoms with Gasteiger partial charge in [0.15, 0.2) is 0 Å². The van der Waals surface area contributed by atoms with Gasteiger partial charge in [0.1, 0.15) is 12.4 Å². The number of thioether (sulfide) groups is 1. The summed E-state index contributed by atoms with van der Waals surface area (Å²) < 4.78 is 59.7. The lowest BCUT2D eigenvalue weighted by Gasteiger charge is -2.43. The van der Waals surface area contributed by atoms with E-state index in [-0.39, 0.29) is 37.1 Å². The standard InChI is InChI=1S/C38H52N2O8S2/c1-28-6-13-33(14-7-28)50(42,43)40-23-36(47-25-29(2)41)38(32-11-8-30(9-12-32)26-45-20-21-49-4)37(24-40)48-27-31-10-15-35-34(22-31)39(17-19-46-35)16-5-18-44-3/h6-15,22,29,36-38,41H,5,16-21,23-27H2,1-4H3/t29-,36-,37+,38+/m1/s1. The Bertz CT molecular complexity index is 1590. The Labute approximate surface area is 302 Å². The summed E-state index contributed by atoms with van der Waals surface area (Å²) in [6.07, 6.45) is 1.13. The largest absolute Gasteiger partial charge is 0.490 e. The zero-order chi connectivity index (χ0) is 35.5. The van der Waals surface area contributed by atoms with Gasteiger partial charge >= 0.3 is 0 Å². The predicted octanol–water partition coefficient (Wildman–Crippen LogP) is 5.25. The molecule has 5 rings (SSSR count). The molecular formula is C38H52N2O8S2. The van der Waals surface area contributed by atoms with Gasteiger partial charge in [-0.25, -0.2) is 8.42 Å². The average molecular weight is 729 g/mol. The number of ether oxygens (including phenoxy) is 5. The number of methoxy groups -OCH3 is 1. The highest BCUT2D eigenvalue weighted by Gasteiger charge is 2.43. The first kappa shape index (κ1) is 38.5. The number of anilines is 1. The third kappa shape index (κ3) is 10.2. The van der Waals surface area contributed by atoms with E-state index in [1.807, 2.05) is 31.2 Å². The molecule has 0 amide bonds. The van der Waals surface area contributed by atoms with E-state index in [9.17, 15) is 13.5 Å². The molecule has 2 heterocycles. The second kappa shape index (κ2) is 18.7. The van der Waals surface area contributed by atoms with Crippen molar-refractivity contribution >= 4 is 27.5 Å². The summed E-state index contributed by atoms with van der Waals surface area (Å²) in [4.78, 5) is 2.54. The molecule has 10 nitrogen and oxygen atoms in total. The molecule has 0 aromatic heterocycles. The molecule has 1 saturated heterocycles. The van der Waals surface area contributed by atoms with Crippen LogP contribution in [0.4, 0.5) is 5.69 Å². The Morgan fingerprint density at radius 1 is 0.960 bits per heavy atom. The smallest absolute Gasteiger partial charge is 0.243 e. The second-order valence-corrected chi connectivity index (χ2v) is 15.9. The number of aliphatic hydroxyl groups excluding tert-OH is 1. The summed E-state index contributed by atoms with van der Waals surface area (Å²) in [5.74, 6) is 1.48. The third-order valence-electron chi connectivity index (χ3n) is 9.07. The van der Waals surface area contributed by atoms with Crippen molar-refractivity contribution in [1.29, 1.82) is 0 Å². The van der Waals surface area contributed by atoms with Gasteiger partial charge in [-0.2, -0.15) is 16.1 Å². The summed E-state index contributed by atoms with van der Waals surface area (Å²) in [5, 5.41) is 10.2. The van der Waals surface area contributed by atoms with Gasteiger partial charge in [0.25, 0.3) is 0 Å². The molecule has 274 valence electrons. The highest BCUT2D eigenvalue weighted by atomic mass is 32.2. The molecule has 0 bridgehead atoms. The lowest BCUT2D eigenvalue weighted by atomic mass is 9.85. The second-order valence-electron chi connectivity index (χ2n) is 13.0. The van der Waals surface area contributed by atoms with Crippen molar-refractivity contribution in [1.82, 2.24) is 4.31 Å². The first-order valence-electron chi connectivity index (χ1n) is 17.3. The molecule has 3 aromatic rings. The van der Waals surface area contributed by atoms with E-state index < -0.39 is 28.3 Å². The number of fused-ring (bicyclic) bond motifs is 1. The fourth-order valence-corrected chi connectivity index (χ4v) is 8.16. The van der Waals surface area contributed by atoms with Crippen molar-refractivity contribution in [2.24, 2.45) is 0 Å². The van der Waals surface area contributed by atoms with Crippen molar-refractivity contribution in [2.45, 2.75) is 62.6 Å². The van der Waals surface area contributed by atoms with Gasteiger partial charge in [-0.1, -0.05) is 48.0 Å². The molecule has 0 saturated carbocycles. The van der Waals surface area contributed by atoms with Crippen LogP contribution in [0.3, 0.4) is 0 Å². The normalized spacial score (nSPS) is 20.3. The van der Waals surface area contributed by atoms with Crippen LogP contribution in [-0.2, 0) is 42.2 Å². The number of aliphatic hydroxyl groups is 1. The first-order chi connectivity index (χ1) is 24.2. The molecule has 0 unspecified atom stereocenters. The molecule has 12 heteroatoms. The average Bonchev–Trinajstić information content (AvgIpc) is 3.12. The Hall–Kier alpha value is -2.68. The van der Waals surface area contributed by atoms with Crippen LogP contribution in [0.2, 0.25) is 0 Å². The number of rotatable bonds is 18. The predicted molar refractivity (Wildman–Crippen MR) is 198 cm³/mol. The van der Waals surface area contributed by atoms with Crippen LogP contribution in [0.1, 0.15) is 41.5 Å². The van der Waals surface area contributed by atoms with Crippen LogP contribution < -0.4 is 9.64 Å². The molecule has 1 N–H and O–H groups in total. The summed E-state index contributed by atoms with van der Waals surface area (Å²) in [5.41, 5.74) is 4.99. The molecule has 2 aliphatic heterocycles. The minimum Gasteiger partial charge on any atom is -0.490 e. The van der Waals surface area contributed by atoms with Crippen molar-refractivity contribution in [3.05, 3.63) is 89.0 Å². The highest BCUT2D eigenvalue weighted by Crippen LogP contribution is 2.37. The van der Waals surface area contributed by atoms with Crippen LogP contribution in [0.15, 0.2) is 71.6 Å². The van der Waals surface area contributed by atoms with Crippen molar-refractivity contribution in [3.8, 4) is 5.75 Å². The molecule has 0 aliphatic carbocycles. The molecule has 50 heavy (non-hydrogen) atoms. The van der Waals surface area contributed by atoms with Crippen molar-refractivity contribution in [2.75, 3.05) is 76.6 Å². The lowest BCUT2D eigenvalue weighted by molar-refractivity contribution is -0.0916. The summed E-state index contributed by atoms with van der Waals surface area (Å²) in [6.45, 7) is 8.35. The Balaban J connectivity index is 1.44. The van der Waals surface area contributed by atoms with E-state index in [0.29, 0.717) is 26.4 Å². The lowest BCUT2D eigenvalue weighted by Crippen LogP contribution is -2.54. The van der Waals surface area contributed by atoms with E-state index in [2.05, 4.69) is 29.4 Å². The van der Waals surface area contributed by atoms with Crippen LogP contribution in [0.5, 0.6) is 5.75 Å². The highest BCUT2D eigenvalue weighted by molar-refractivity contribution is 7.98.